The van der Waals surface area contributed by atoms with Crippen molar-refractivity contribution in [3.05, 3.63) is 21.0 Å². The number of halogens is 1. The van der Waals surface area contributed by atoms with Gasteiger partial charge in [0.15, 0.2) is 4.34 Å². The lowest BCUT2D eigenvalue weighted by molar-refractivity contribution is 1.19. The van der Waals surface area contributed by atoms with Gasteiger partial charge < -0.3 is 4.98 Å². The summed E-state index contributed by atoms with van der Waals surface area (Å²) in [5.74, 6) is 0. The molecule has 0 aliphatic carbocycles. The summed E-state index contributed by atoms with van der Waals surface area (Å²) in [6.45, 7) is 0. The lowest BCUT2D eigenvalue weighted by Gasteiger charge is -1.87. The molecule has 1 N–H and O–H groups in total. The Hall–Kier alpha value is -0.330. The largest absolute Gasteiger partial charge is 0.315 e. The summed E-state index contributed by atoms with van der Waals surface area (Å²) in [5.41, 5.74) is 0.387. The molecule has 68 valence electrons. The second-order valence-electron chi connectivity index (χ2n) is 2.34. The van der Waals surface area contributed by atoms with Crippen molar-refractivity contribution in [2.45, 2.75) is 4.34 Å². The predicted molar refractivity (Wildman–Crippen MR) is 59.7 cm³/mol. The van der Waals surface area contributed by atoms with Gasteiger partial charge >= 0.3 is 0 Å². The Morgan fingerprint density at radius 1 is 1.69 bits per heavy atom. The number of thiazole rings is 1. The molecule has 2 heterocycles. The molecule has 0 atom stereocenters. The van der Waals surface area contributed by atoms with Gasteiger partial charge in [0.25, 0.3) is 5.56 Å². The third-order valence-corrected chi connectivity index (χ3v) is 3.93. The van der Waals surface area contributed by atoms with Crippen molar-refractivity contribution >= 4 is 49.2 Å². The van der Waals surface area contributed by atoms with Crippen LogP contribution in [-0.2, 0) is 0 Å². The van der Waals surface area contributed by atoms with Crippen molar-refractivity contribution in [1.82, 2.24) is 9.97 Å². The van der Waals surface area contributed by atoms with Crippen LogP contribution in [0.25, 0.3) is 10.2 Å². The van der Waals surface area contributed by atoms with Gasteiger partial charge in [0.1, 0.15) is 5.52 Å². The van der Waals surface area contributed by atoms with E-state index in [0.29, 0.717) is 10.1 Å². The van der Waals surface area contributed by atoms with Gasteiger partial charge in [-0.1, -0.05) is 11.8 Å². The number of hydrogen-bond donors (Lipinski definition) is 1. The van der Waals surface area contributed by atoms with E-state index >= 15 is 0 Å². The molecule has 13 heavy (non-hydrogen) atoms. The van der Waals surface area contributed by atoms with Crippen LogP contribution in [0, 0.1) is 0 Å². The van der Waals surface area contributed by atoms with Crippen LogP contribution in [0.1, 0.15) is 0 Å². The molecule has 0 amide bonds. The molecule has 0 bridgehead atoms. The van der Waals surface area contributed by atoms with Gasteiger partial charge in [-0.05, 0) is 28.3 Å². The Kier molecular flexibility index (Phi) is 2.44. The number of thioether (sulfide) groups is 1. The molecule has 3 nitrogen and oxygen atoms in total. The number of aromatic amines is 1. The van der Waals surface area contributed by atoms with Crippen LogP contribution in [0.5, 0.6) is 0 Å². The summed E-state index contributed by atoms with van der Waals surface area (Å²) in [4.78, 5) is 18.2. The first-order valence-corrected chi connectivity index (χ1v) is 6.27. The van der Waals surface area contributed by atoms with Crippen LogP contribution in [0.2, 0.25) is 0 Å². The van der Waals surface area contributed by atoms with E-state index in [-0.39, 0.29) is 5.56 Å². The van der Waals surface area contributed by atoms with Gasteiger partial charge in [-0.3, -0.25) is 4.79 Å². The number of hydrogen-bond acceptors (Lipinski definition) is 4. The molecule has 6 heteroatoms. The number of H-pyrrole nitrogens is 1. The normalized spacial score (nSPS) is 10.9. The first kappa shape index (κ1) is 9.23. The third kappa shape index (κ3) is 1.66. The van der Waals surface area contributed by atoms with Gasteiger partial charge in [0.05, 0.1) is 9.30 Å². The molecule has 0 unspecified atom stereocenters. The fourth-order valence-corrected chi connectivity index (χ4v) is 3.06. The summed E-state index contributed by atoms with van der Waals surface area (Å²) in [7, 11) is 0. The second-order valence-corrected chi connectivity index (χ2v) is 5.28. The highest BCUT2D eigenvalue weighted by atomic mass is 79.9. The van der Waals surface area contributed by atoms with E-state index in [1.807, 2.05) is 12.3 Å². The van der Waals surface area contributed by atoms with Gasteiger partial charge in [0, 0.05) is 0 Å². The Balaban J connectivity index is 2.83. The summed E-state index contributed by atoms with van der Waals surface area (Å²) >= 11 is 6.31. The van der Waals surface area contributed by atoms with Crippen molar-refractivity contribution in [2.75, 3.05) is 6.26 Å². The van der Waals surface area contributed by atoms with Crippen molar-refractivity contribution in [2.24, 2.45) is 0 Å². The molecule has 0 fully saturated rings. The SMILES string of the molecule is CSc1nc2c(=O)[nH]c(Br)cc2s1. The molecule has 0 radical (unpaired) electrons. The zero-order valence-electron chi connectivity index (χ0n) is 6.63. The van der Waals surface area contributed by atoms with Crippen LogP contribution in [0.4, 0.5) is 0 Å². The van der Waals surface area contributed by atoms with Crippen molar-refractivity contribution in [3.8, 4) is 0 Å². The third-order valence-electron chi connectivity index (χ3n) is 1.51. The quantitative estimate of drug-likeness (QED) is 0.643. The molecule has 0 aliphatic rings. The first-order chi connectivity index (χ1) is 6.20. The number of fused-ring (bicyclic) bond motifs is 1. The average Bonchev–Trinajstić information content (AvgIpc) is 2.47. The Labute approximate surface area is 90.7 Å². The lowest BCUT2D eigenvalue weighted by Crippen LogP contribution is -2.05. The molecule has 0 saturated heterocycles. The van der Waals surface area contributed by atoms with Crippen LogP contribution < -0.4 is 5.56 Å². The zero-order chi connectivity index (χ0) is 9.42. The monoisotopic (exact) mass is 276 g/mol. The highest BCUT2D eigenvalue weighted by Gasteiger charge is 2.06. The second kappa shape index (κ2) is 3.43. The Bertz CT molecular complexity index is 505. The molecule has 2 aromatic heterocycles. The number of rotatable bonds is 1. The minimum Gasteiger partial charge on any atom is -0.315 e. The summed E-state index contributed by atoms with van der Waals surface area (Å²) < 4.78 is 2.53. The smallest absolute Gasteiger partial charge is 0.276 e. The maximum absolute atomic E-state index is 11.4. The average molecular weight is 277 g/mol. The predicted octanol–water partition coefficient (Wildman–Crippen LogP) is 2.47. The van der Waals surface area contributed by atoms with E-state index in [1.54, 1.807) is 11.8 Å². The number of aromatic nitrogens is 2. The lowest BCUT2D eigenvalue weighted by atomic mass is 10.4. The van der Waals surface area contributed by atoms with Crippen LogP contribution in [0.3, 0.4) is 0 Å². The van der Waals surface area contributed by atoms with E-state index in [0.717, 1.165) is 9.04 Å². The molecular formula is C7H5BrN2OS2. The van der Waals surface area contributed by atoms with Crippen LogP contribution in [0.15, 0.2) is 19.8 Å². The fourth-order valence-electron chi connectivity index (χ4n) is 0.978. The summed E-state index contributed by atoms with van der Waals surface area (Å²) in [5, 5.41) is 0. The fraction of sp³-hybridized carbons (Fsp3) is 0.143. The molecule has 0 spiro atoms. The van der Waals surface area contributed by atoms with E-state index in [4.69, 9.17) is 0 Å². The molecular weight excluding hydrogens is 272 g/mol. The van der Waals surface area contributed by atoms with Crippen molar-refractivity contribution in [1.29, 1.82) is 0 Å². The zero-order valence-corrected chi connectivity index (χ0v) is 9.85. The molecule has 0 saturated carbocycles. The number of nitrogens with zero attached hydrogens (tertiary/aromatic N) is 1. The molecule has 0 aliphatic heterocycles. The number of pyridine rings is 1. The number of nitrogens with one attached hydrogen (secondary N) is 1. The van der Waals surface area contributed by atoms with Gasteiger partial charge in [-0.15, -0.1) is 11.3 Å². The summed E-state index contributed by atoms with van der Waals surface area (Å²) in [6, 6.07) is 1.87. The van der Waals surface area contributed by atoms with Crippen molar-refractivity contribution < 1.29 is 0 Å². The van der Waals surface area contributed by atoms with E-state index in [2.05, 4.69) is 25.9 Å². The van der Waals surface area contributed by atoms with Gasteiger partial charge in [-0.2, -0.15) is 0 Å². The van der Waals surface area contributed by atoms with Crippen LogP contribution >= 0.6 is 39.0 Å². The van der Waals surface area contributed by atoms with Gasteiger partial charge in [0.2, 0.25) is 0 Å². The highest BCUT2D eigenvalue weighted by Crippen LogP contribution is 2.27. The Morgan fingerprint density at radius 3 is 3.15 bits per heavy atom. The topological polar surface area (TPSA) is 45.8 Å². The minimum absolute atomic E-state index is 0.138. The van der Waals surface area contributed by atoms with E-state index in [1.165, 1.54) is 11.3 Å². The molecule has 2 aromatic rings. The molecule has 2 rings (SSSR count). The minimum atomic E-state index is -0.138. The molecule has 0 aromatic carbocycles. The van der Waals surface area contributed by atoms with Crippen molar-refractivity contribution in [3.63, 3.8) is 0 Å². The first-order valence-electron chi connectivity index (χ1n) is 3.44. The van der Waals surface area contributed by atoms with Gasteiger partial charge in [-0.25, -0.2) is 4.98 Å². The maximum atomic E-state index is 11.4. The maximum Gasteiger partial charge on any atom is 0.276 e. The van der Waals surface area contributed by atoms with E-state index in [9.17, 15) is 4.79 Å². The van der Waals surface area contributed by atoms with Crippen LogP contribution in [-0.4, -0.2) is 16.2 Å². The highest BCUT2D eigenvalue weighted by molar-refractivity contribution is 9.10. The summed E-state index contributed by atoms with van der Waals surface area (Å²) in [6.07, 6.45) is 1.95. The standard InChI is InChI=1S/C7H5BrN2OS2/c1-12-7-10-5-3(13-7)2-4(8)9-6(5)11/h2H,1H3,(H,9,11). The Morgan fingerprint density at radius 2 is 2.46 bits per heavy atom. The van der Waals surface area contributed by atoms with E-state index < -0.39 is 0 Å².